The average Bonchev–Trinajstić information content (AvgIpc) is 3.34. The van der Waals surface area contributed by atoms with E-state index in [1.165, 1.54) is 0 Å². The molecule has 0 bridgehead atoms. The molecule has 0 aliphatic carbocycles. The van der Waals surface area contributed by atoms with Gasteiger partial charge in [0.1, 0.15) is 6.10 Å². The maximum atomic E-state index is 9.89. The summed E-state index contributed by atoms with van der Waals surface area (Å²) in [6.07, 6.45) is 3.17. The lowest BCUT2D eigenvalue weighted by Crippen LogP contribution is -2.11. The van der Waals surface area contributed by atoms with Gasteiger partial charge in [-0.15, -0.1) is 12.4 Å². The maximum Gasteiger partial charge on any atom is 0.124 e. The Morgan fingerprint density at radius 1 is 0.889 bits per heavy atom. The number of nitrogens with zero attached hydrogens (tertiary/aromatic N) is 4. The van der Waals surface area contributed by atoms with E-state index in [1.54, 1.807) is 24.7 Å². The van der Waals surface area contributed by atoms with Crippen LogP contribution in [-0.2, 0) is 18.4 Å². The van der Waals surface area contributed by atoms with Crippen molar-refractivity contribution >= 4 is 23.2 Å². The molecule has 4 aromatic carbocycles. The summed E-state index contributed by atoms with van der Waals surface area (Å²) in [6.45, 7) is 0.366. The first-order valence-corrected chi connectivity index (χ1v) is 11.3. The van der Waals surface area contributed by atoms with Crippen LogP contribution in [0.2, 0.25) is 0 Å². The molecular weight excluding hydrogens is 468 g/mol. The predicted octanol–water partition coefficient (Wildman–Crippen LogP) is 6.71. The maximum absolute atomic E-state index is 9.89. The number of nitriles is 2. The third kappa shape index (κ3) is 4.85. The summed E-state index contributed by atoms with van der Waals surface area (Å²) < 4.78 is 8.38. The summed E-state index contributed by atoms with van der Waals surface area (Å²) in [5, 5.41) is 21.2. The highest BCUT2D eigenvalue weighted by atomic mass is 35.5. The van der Waals surface area contributed by atoms with Crippen molar-refractivity contribution in [3.63, 3.8) is 0 Å². The van der Waals surface area contributed by atoms with Crippen molar-refractivity contribution in [1.82, 2.24) is 9.55 Å². The van der Waals surface area contributed by atoms with E-state index in [0.29, 0.717) is 17.7 Å². The first kappa shape index (κ1) is 24.7. The lowest BCUT2D eigenvalue weighted by molar-refractivity contribution is 0.0622. The van der Waals surface area contributed by atoms with Gasteiger partial charge in [-0.1, -0.05) is 60.7 Å². The molecule has 6 heteroatoms. The normalized spacial score (nSPS) is 11.3. The second kappa shape index (κ2) is 10.9. The molecule has 1 unspecified atom stereocenters. The first-order chi connectivity index (χ1) is 17.2. The Balaban J connectivity index is 0.00000304. The lowest BCUT2D eigenvalue weighted by Gasteiger charge is -2.21. The number of halogens is 1. The SMILES string of the molecule is Cl.Cn1cncc1C(OCc1ccc(C#N)cc1)c1ccc(C#N)c(-c2cccc3ccccc23)c1. The fourth-order valence-electron chi connectivity index (χ4n) is 4.33. The molecule has 0 spiro atoms. The minimum absolute atomic E-state index is 0. The number of aromatic nitrogens is 2. The molecule has 0 aliphatic heterocycles. The Morgan fingerprint density at radius 2 is 1.67 bits per heavy atom. The van der Waals surface area contributed by atoms with Gasteiger partial charge in [-0.3, -0.25) is 0 Å². The summed E-state index contributed by atoms with van der Waals surface area (Å²) in [6, 6.07) is 32.1. The predicted molar refractivity (Wildman–Crippen MR) is 142 cm³/mol. The topological polar surface area (TPSA) is 74.6 Å². The fraction of sp³-hybridized carbons (Fsp3) is 0.100. The van der Waals surface area contributed by atoms with E-state index in [1.807, 2.05) is 54.1 Å². The number of imidazole rings is 1. The number of benzene rings is 4. The summed E-state index contributed by atoms with van der Waals surface area (Å²) in [4.78, 5) is 4.30. The highest BCUT2D eigenvalue weighted by Crippen LogP contribution is 2.35. The molecule has 1 aromatic heterocycles. The minimum Gasteiger partial charge on any atom is -0.363 e. The van der Waals surface area contributed by atoms with Crippen molar-refractivity contribution in [2.45, 2.75) is 12.7 Å². The van der Waals surface area contributed by atoms with E-state index in [2.05, 4.69) is 47.5 Å². The first-order valence-electron chi connectivity index (χ1n) is 11.3. The zero-order valence-electron chi connectivity index (χ0n) is 19.6. The molecular formula is C30H23ClN4O. The zero-order chi connectivity index (χ0) is 24.2. The van der Waals surface area contributed by atoms with Gasteiger partial charge in [-0.2, -0.15) is 10.5 Å². The van der Waals surface area contributed by atoms with Crippen LogP contribution in [0.4, 0.5) is 0 Å². The summed E-state index contributed by atoms with van der Waals surface area (Å²) in [5.74, 6) is 0. The van der Waals surface area contributed by atoms with Crippen molar-refractivity contribution in [2.24, 2.45) is 7.05 Å². The van der Waals surface area contributed by atoms with Crippen molar-refractivity contribution in [3.05, 3.63) is 125 Å². The van der Waals surface area contributed by atoms with Gasteiger partial charge in [0.25, 0.3) is 0 Å². The fourth-order valence-corrected chi connectivity index (χ4v) is 4.33. The summed E-state index contributed by atoms with van der Waals surface area (Å²) >= 11 is 0. The number of aryl methyl sites for hydroxylation is 1. The van der Waals surface area contributed by atoms with Crippen LogP contribution in [0.1, 0.15) is 34.1 Å². The van der Waals surface area contributed by atoms with Gasteiger partial charge in [0.15, 0.2) is 0 Å². The number of hydrogen-bond acceptors (Lipinski definition) is 4. The monoisotopic (exact) mass is 490 g/mol. The van der Waals surface area contributed by atoms with E-state index in [9.17, 15) is 5.26 Å². The van der Waals surface area contributed by atoms with Crippen LogP contribution in [0.15, 0.2) is 97.5 Å². The van der Waals surface area contributed by atoms with Crippen molar-refractivity contribution in [3.8, 4) is 23.3 Å². The van der Waals surface area contributed by atoms with Gasteiger partial charge in [0.05, 0.1) is 48.1 Å². The van der Waals surface area contributed by atoms with Gasteiger partial charge in [-0.25, -0.2) is 4.98 Å². The highest BCUT2D eigenvalue weighted by molar-refractivity contribution is 5.97. The van der Waals surface area contributed by atoms with E-state index < -0.39 is 0 Å². The standard InChI is InChI=1S/C30H22N4O.ClH/c1-34-20-33-18-29(34)30(35-19-22-11-9-21(16-31)10-12-22)24-13-14-25(17-32)28(15-24)27-8-4-6-23-5-2-3-7-26(23)27;/h2-15,18,20,30H,19H2,1H3;1H. The molecule has 36 heavy (non-hydrogen) atoms. The molecule has 5 nitrogen and oxygen atoms in total. The Labute approximate surface area is 216 Å². The Morgan fingerprint density at radius 3 is 2.39 bits per heavy atom. The molecule has 5 rings (SSSR count). The quantitative estimate of drug-likeness (QED) is 0.265. The number of hydrogen-bond donors (Lipinski definition) is 0. The minimum atomic E-state index is -0.389. The number of ether oxygens (including phenoxy) is 1. The van der Waals surface area contributed by atoms with Gasteiger partial charge in [0.2, 0.25) is 0 Å². The van der Waals surface area contributed by atoms with E-state index in [0.717, 1.165) is 38.7 Å². The second-order valence-corrected chi connectivity index (χ2v) is 8.37. The third-order valence-electron chi connectivity index (χ3n) is 6.17. The molecule has 1 heterocycles. The molecule has 0 saturated carbocycles. The molecule has 1 atom stereocenters. The Hall–Kier alpha value is -4.42. The molecule has 0 saturated heterocycles. The van der Waals surface area contributed by atoms with Crippen LogP contribution in [0.5, 0.6) is 0 Å². The van der Waals surface area contributed by atoms with Crippen LogP contribution in [0.3, 0.4) is 0 Å². The smallest absolute Gasteiger partial charge is 0.124 e. The second-order valence-electron chi connectivity index (χ2n) is 8.37. The lowest BCUT2D eigenvalue weighted by atomic mass is 9.92. The number of rotatable bonds is 6. The number of fused-ring (bicyclic) bond motifs is 1. The summed E-state index contributed by atoms with van der Waals surface area (Å²) in [5.41, 5.74) is 5.92. The highest BCUT2D eigenvalue weighted by Gasteiger charge is 2.21. The molecule has 0 amide bonds. The van der Waals surface area contributed by atoms with Crippen LogP contribution in [0, 0.1) is 22.7 Å². The van der Waals surface area contributed by atoms with Gasteiger partial charge in [-0.05, 0) is 51.7 Å². The Bertz CT molecular complexity index is 1590. The molecule has 0 fully saturated rings. The van der Waals surface area contributed by atoms with E-state index in [-0.39, 0.29) is 18.5 Å². The van der Waals surface area contributed by atoms with Gasteiger partial charge in [0, 0.05) is 12.6 Å². The van der Waals surface area contributed by atoms with Gasteiger partial charge < -0.3 is 9.30 Å². The average molecular weight is 491 g/mol. The third-order valence-corrected chi connectivity index (χ3v) is 6.17. The summed E-state index contributed by atoms with van der Waals surface area (Å²) in [7, 11) is 1.94. The molecule has 176 valence electrons. The van der Waals surface area contributed by atoms with Crippen LogP contribution >= 0.6 is 12.4 Å². The van der Waals surface area contributed by atoms with Crippen LogP contribution < -0.4 is 0 Å². The molecule has 5 aromatic rings. The largest absolute Gasteiger partial charge is 0.363 e. The molecule has 0 N–H and O–H groups in total. The molecule has 0 aliphatic rings. The van der Waals surface area contributed by atoms with Crippen LogP contribution in [-0.4, -0.2) is 9.55 Å². The van der Waals surface area contributed by atoms with Crippen LogP contribution in [0.25, 0.3) is 21.9 Å². The van der Waals surface area contributed by atoms with E-state index >= 15 is 0 Å². The van der Waals surface area contributed by atoms with Gasteiger partial charge >= 0.3 is 0 Å². The Kier molecular flexibility index (Phi) is 7.47. The zero-order valence-corrected chi connectivity index (χ0v) is 20.4. The van der Waals surface area contributed by atoms with E-state index in [4.69, 9.17) is 10.00 Å². The van der Waals surface area contributed by atoms with Crippen molar-refractivity contribution in [1.29, 1.82) is 10.5 Å². The van der Waals surface area contributed by atoms with Crippen molar-refractivity contribution < 1.29 is 4.74 Å². The molecule has 0 radical (unpaired) electrons. The van der Waals surface area contributed by atoms with Crippen molar-refractivity contribution in [2.75, 3.05) is 0 Å².